The molecule has 26 heavy (non-hydrogen) atoms. The monoisotopic (exact) mass is 523 g/mol. The van der Waals surface area contributed by atoms with Gasteiger partial charge in [-0.25, -0.2) is 0 Å². The predicted molar refractivity (Wildman–Crippen MR) is 102 cm³/mol. The summed E-state index contributed by atoms with van der Waals surface area (Å²) in [6.07, 6.45) is 6.32. The largest absolute Gasteiger partial charge is 0.512 e. The minimum atomic E-state index is -0.125. The van der Waals surface area contributed by atoms with Crippen LogP contribution in [0.1, 0.15) is 25.1 Å². The summed E-state index contributed by atoms with van der Waals surface area (Å²) < 4.78 is 0. The average molecular weight is 523 g/mol. The molecule has 0 aliphatic heterocycles. The van der Waals surface area contributed by atoms with Gasteiger partial charge in [0, 0.05) is 26.2 Å². The van der Waals surface area contributed by atoms with Gasteiger partial charge in [0.25, 0.3) is 0 Å². The van der Waals surface area contributed by atoms with E-state index in [1.807, 2.05) is 60.7 Å². The molecule has 3 rings (SSSR count). The van der Waals surface area contributed by atoms with Crippen LogP contribution in [0.3, 0.4) is 0 Å². The van der Waals surface area contributed by atoms with E-state index in [1.54, 1.807) is 0 Å². The fourth-order valence-corrected chi connectivity index (χ4v) is 2.15. The minimum absolute atomic E-state index is 0. The first-order chi connectivity index (χ1) is 12.0. The van der Waals surface area contributed by atoms with Gasteiger partial charge in [0.2, 0.25) is 0 Å². The molecule has 2 aromatic carbocycles. The molecule has 0 spiro atoms. The number of para-hydroxylation sites is 1. The van der Waals surface area contributed by atoms with Crippen LogP contribution in [0.15, 0.2) is 78.6 Å². The van der Waals surface area contributed by atoms with Crippen molar-refractivity contribution in [3.8, 4) is 0 Å². The second-order valence-electron chi connectivity index (χ2n) is 5.48. The summed E-state index contributed by atoms with van der Waals surface area (Å²) in [7, 11) is 0. The maximum atomic E-state index is 10.0. The Morgan fingerprint density at radius 2 is 1.62 bits per heavy atom. The van der Waals surface area contributed by atoms with Crippen LogP contribution in [-0.4, -0.2) is 15.9 Å². The molecular formula is C22H20IrNO2-. The molecule has 0 amide bonds. The van der Waals surface area contributed by atoms with Crippen molar-refractivity contribution in [3.63, 3.8) is 0 Å². The second-order valence-corrected chi connectivity index (χ2v) is 5.48. The van der Waals surface area contributed by atoms with Gasteiger partial charge in [-0.3, -0.25) is 9.78 Å². The van der Waals surface area contributed by atoms with Gasteiger partial charge in [-0.15, -0.1) is 42.0 Å². The van der Waals surface area contributed by atoms with Gasteiger partial charge in [-0.1, -0.05) is 36.4 Å². The topological polar surface area (TPSA) is 50.2 Å². The van der Waals surface area contributed by atoms with Crippen LogP contribution in [0.5, 0.6) is 0 Å². The molecular weight excluding hydrogens is 502 g/mol. The van der Waals surface area contributed by atoms with Crippen LogP contribution in [0.2, 0.25) is 0 Å². The fraction of sp³-hybridized carbons (Fsp3) is 0.0909. The molecule has 0 saturated carbocycles. The second kappa shape index (κ2) is 11.1. The normalized spacial score (nSPS) is 10.8. The molecule has 0 fully saturated rings. The Kier molecular flexibility index (Phi) is 9.21. The standard InChI is InChI=1S/C17H12N.C5H8O2.Ir/c1-2-6-14(7-3-1)10-12-16-13-11-15-8-4-5-9-17(15)18-16;1-4(6)3-5(2)7;/h1-9,11-13H;3,6H,1-2H3;/q-1;;/b;4-3-;. The third kappa shape index (κ3) is 7.56. The molecule has 1 heterocycles. The van der Waals surface area contributed by atoms with Gasteiger partial charge in [0.15, 0.2) is 5.78 Å². The van der Waals surface area contributed by atoms with E-state index in [9.17, 15) is 4.79 Å². The first kappa shape index (κ1) is 21.5. The van der Waals surface area contributed by atoms with Crippen molar-refractivity contribution in [1.29, 1.82) is 0 Å². The summed E-state index contributed by atoms with van der Waals surface area (Å²) in [4.78, 5) is 14.6. The first-order valence-electron chi connectivity index (χ1n) is 7.93. The summed E-state index contributed by atoms with van der Waals surface area (Å²) in [5, 5.41) is 9.52. The van der Waals surface area contributed by atoms with Crippen molar-refractivity contribution >= 4 is 22.8 Å². The van der Waals surface area contributed by atoms with E-state index in [4.69, 9.17) is 5.11 Å². The summed E-state index contributed by atoms with van der Waals surface area (Å²) in [6.45, 7) is 2.85. The van der Waals surface area contributed by atoms with E-state index in [-0.39, 0.29) is 31.6 Å². The quantitative estimate of drug-likeness (QED) is 0.295. The number of aliphatic hydroxyl groups is 1. The number of carbonyl (C=O) groups is 1. The molecule has 1 aromatic heterocycles. The fourth-order valence-electron chi connectivity index (χ4n) is 2.15. The predicted octanol–water partition coefficient (Wildman–Crippen LogP) is 5.13. The Balaban J connectivity index is 0.000000366. The molecule has 0 atom stereocenters. The number of ketones is 1. The molecule has 0 aliphatic rings. The van der Waals surface area contributed by atoms with Gasteiger partial charge in [0.1, 0.15) is 0 Å². The van der Waals surface area contributed by atoms with Crippen molar-refractivity contribution in [2.45, 2.75) is 13.8 Å². The number of pyridine rings is 1. The summed E-state index contributed by atoms with van der Waals surface area (Å²) in [5.41, 5.74) is 3.01. The molecule has 0 aliphatic carbocycles. The Morgan fingerprint density at radius 1 is 0.962 bits per heavy atom. The Hall–Kier alpha value is -2.55. The Morgan fingerprint density at radius 3 is 2.23 bits per heavy atom. The molecule has 0 saturated heterocycles. The molecule has 1 radical (unpaired) electrons. The Bertz CT molecular complexity index is 898. The van der Waals surface area contributed by atoms with E-state index >= 15 is 0 Å². The average Bonchev–Trinajstić information content (AvgIpc) is 2.60. The third-order valence-electron chi connectivity index (χ3n) is 3.19. The number of nitrogens with zero attached hydrogens (tertiary/aromatic N) is 1. The molecule has 135 valence electrons. The van der Waals surface area contributed by atoms with E-state index < -0.39 is 0 Å². The number of rotatable bonds is 3. The number of carbonyl (C=O) groups excluding carboxylic acids is 1. The van der Waals surface area contributed by atoms with Crippen molar-refractivity contribution in [1.82, 2.24) is 4.98 Å². The summed E-state index contributed by atoms with van der Waals surface area (Å²) in [6, 6.07) is 22.3. The van der Waals surface area contributed by atoms with Gasteiger partial charge in [-0.2, -0.15) is 0 Å². The van der Waals surface area contributed by atoms with Crippen LogP contribution in [0.4, 0.5) is 0 Å². The van der Waals surface area contributed by atoms with Gasteiger partial charge >= 0.3 is 0 Å². The smallest absolute Gasteiger partial charge is 0.155 e. The molecule has 3 nitrogen and oxygen atoms in total. The van der Waals surface area contributed by atoms with Gasteiger partial charge in [0.05, 0.1) is 11.3 Å². The van der Waals surface area contributed by atoms with Crippen LogP contribution in [0.25, 0.3) is 17.0 Å². The number of benzene rings is 2. The van der Waals surface area contributed by atoms with Crippen LogP contribution in [0, 0.1) is 6.08 Å². The van der Waals surface area contributed by atoms with Crippen molar-refractivity contribution in [3.05, 3.63) is 95.9 Å². The molecule has 3 aromatic rings. The van der Waals surface area contributed by atoms with Crippen molar-refractivity contribution in [2.24, 2.45) is 0 Å². The third-order valence-corrected chi connectivity index (χ3v) is 3.19. The SMILES string of the molecule is CC(=O)/C=C(/C)O.[C-](=Cc1ccc2ccccc2n1)c1ccccc1.[Ir]. The molecule has 1 N–H and O–H groups in total. The number of hydrogen-bond acceptors (Lipinski definition) is 3. The summed E-state index contributed by atoms with van der Waals surface area (Å²) in [5.74, 6) is -0.0625. The number of fused-ring (bicyclic) bond motifs is 1. The van der Waals surface area contributed by atoms with E-state index in [2.05, 4.69) is 23.2 Å². The zero-order valence-corrected chi connectivity index (χ0v) is 17.0. The zero-order valence-electron chi connectivity index (χ0n) is 14.6. The Labute approximate surface area is 167 Å². The number of allylic oxidation sites excluding steroid dienone is 2. The first-order valence-corrected chi connectivity index (χ1v) is 7.93. The van der Waals surface area contributed by atoms with E-state index in [0.29, 0.717) is 0 Å². The summed E-state index contributed by atoms with van der Waals surface area (Å²) >= 11 is 0. The maximum absolute atomic E-state index is 10.0. The zero-order chi connectivity index (χ0) is 18.1. The van der Waals surface area contributed by atoms with Gasteiger partial charge < -0.3 is 5.11 Å². The van der Waals surface area contributed by atoms with E-state index in [0.717, 1.165) is 22.2 Å². The van der Waals surface area contributed by atoms with Crippen molar-refractivity contribution in [2.75, 3.05) is 0 Å². The van der Waals surface area contributed by atoms with Gasteiger partial charge in [-0.05, 0) is 31.0 Å². The van der Waals surface area contributed by atoms with Crippen LogP contribution >= 0.6 is 0 Å². The number of aliphatic hydroxyl groups excluding tert-OH is 1. The minimum Gasteiger partial charge on any atom is -0.512 e. The van der Waals surface area contributed by atoms with E-state index in [1.165, 1.54) is 19.9 Å². The van der Waals surface area contributed by atoms with Crippen LogP contribution in [-0.2, 0) is 24.9 Å². The molecule has 0 unspecified atom stereocenters. The van der Waals surface area contributed by atoms with Crippen LogP contribution < -0.4 is 0 Å². The maximum Gasteiger partial charge on any atom is 0.155 e. The molecule has 4 heteroatoms. The number of hydrogen-bond donors (Lipinski definition) is 1. The van der Waals surface area contributed by atoms with Crippen molar-refractivity contribution < 1.29 is 30.0 Å². The molecule has 0 bridgehead atoms. The number of aromatic nitrogens is 1.